The minimum Gasteiger partial charge on any atom is -0.462 e. The van der Waals surface area contributed by atoms with Gasteiger partial charge < -0.3 is 14.2 Å². The van der Waals surface area contributed by atoms with Crippen LogP contribution in [-0.4, -0.2) is 37.2 Å². The summed E-state index contributed by atoms with van der Waals surface area (Å²) in [4.78, 5) is 38.2. The summed E-state index contributed by atoms with van der Waals surface area (Å²) in [5, 5.41) is 0. The molecule has 0 aromatic rings. The first-order chi connectivity index (χ1) is 37.0. The van der Waals surface area contributed by atoms with Gasteiger partial charge in [0.2, 0.25) is 0 Å². The van der Waals surface area contributed by atoms with Crippen LogP contribution >= 0.6 is 0 Å². The first-order valence-electron chi connectivity index (χ1n) is 31.4. The summed E-state index contributed by atoms with van der Waals surface area (Å²) in [6, 6.07) is 0. The van der Waals surface area contributed by atoms with E-state index in [0.29, 0.717) is 19.3 Å². The number of rotatable bonds is 56. The monoisotopic (exact) mass is 1040 g/mol. The van der Waals surface area contributed by atoms with Gasteiger partial charge >= 0.3 is 17.9 Å². The number of hydrogen-bond donors (Lipinski definition) is 0. The van der Waals surface area contributed by atoms with Gasteiger partial charge in [-0.25, -0.2) is 0 Å². The van der Waals surface area contributed by atoms with Crippen LogP contribution in [0.25, 0.3) is 0 Å². The van der Waals surface area contributed by atoms with Gasteiger partial charge in [0.1, 0.15) is 13.2 Å². The molecule has 0 saturated carbocycles. The first-order valence-corrected chi connectivity index (χ1v) is 31.4. The van der Waals surface area contributed by atoms with Crippen LogP contribution < -0.4 is 0 Å². The average Bonchev–Trinajstić information content (AvgIpc) is 3.41. The molecule has 1 unspecified atom stereocenters. The summed E-state index contributed by atoms with van der Waals surface area (Å²) >= 11 is 0. The predicted octanol–water partition coefficient (Wildman–Crippen LogP) is 21.4. The molecule has 0 aromatic heterocycles. The Morgan fingerprint density at radius 2 is 0.520 bits per heavy atom. The van der Waals surface area contributed by atoms with Crippen LogP contribution in [0.1, 0.15) is 290 Å². The van der Waals surface area contributed by atoms with E-state index in [1.54, 1.807) is 0 Å². The molecule has 0 aliphatic rings. The molecule has 0 heterocycles. The van der Waals surface area contributed by atoms with Crippen molar-refractivity contribution in [2.24, 2.45) is 0 Å². The molecule has 0 rings (SSSR count). The fourth-order valence-corrected chi connectivity index (χ4v) is 8.57. The zero-order valence-corrected chi connectivity index (χ0v) is 49.0. The first kappa shape index (κ1) is 71.1. The molecular weight excluding hydrogens is 925 g/mol. The molecule has 0 fully saturated rings. The maximum absolute atomic E-state index is 12.9. The molecule has 0 spiro atoms. The summed E-state index contributed by atoms with van der Waals surface area (Å²) in [6.45, 7) is 6.51. The van der Waals surface area contributed by atoms with E-state index in [2.05, 4.69) is 130 Å². The maximum atomic E-state index is 12.9. The Morgan fingerprint density at radius 3 is 0.827 bits per heavy atom. The summed E-state index contributed by atoms with van der Waals surface area (Å²) in [7, 11) is 0. The van der Waals surface area contributed by atoms with Gasteiger partial charge in [0.25, 0.3) is 0 Å². The fourth-order valence-electron chi connectivity index (χ4n) is 8.57. The van der Waals surface area contributed by atoms with Gasteiger partial charge in [-0.2, -0.15) is 0 Å². The van der Waals surface area contributed by atoms with Gasteiger partial charge in [-0.15, -0.1) is 0 Å². The van der Waals surface area contributed by atoms with Crippen molar-refractivity contribution in [3.63, 3.8) is 0 Å². The minimum absolute atomic E-state index is 0.0840. The minimum atomic E-state index is -0.788. The van der Waals surface area contributed by atoms with Crippen molar-refractivity contribution in [1.29, 1.82) is 0 Å². The number of ether oxygens (including phenoxy) is 3. The van der Waals surface area contributed by atoms with Crippen LogP contribution in [0.5, 0.6) is 0 Å². The smallest absolute Gasteiger partial charge is 0.306 e. The number of hydrogen-bond acceptors (Lipinski definition) is 6. The van der Waals surface area contributed by atoms with Gasteiger partial charge in [-0.1, -0.05) is 271 Å². The largest absolute Gasteiger partial charge is 0.462 e. The summed E-state index contributed by atoms with van der Waals surface area (Å²) < 4.78 is 16.9. The van der Waals surface area contributed by atoms with E-state index in [1.165, 1.54) is 116 Å². The Bertz CT molecular complexity index is 1520. The summed E-state index contributed by atoms with van der Waals surface area (Å²) in [6.07, 6.45) is 85.2. The van der Waals surface area contributed by atoms with Crippen LogP contribution in [-0.2, 0) is 28.6 Å². The van der Waals surface area contributed by atoms with E-state index in [9.17, 15) is 14.4 Å². The van der Waals surface area contributed by atoms with E-state index in [0.717, 1.165) is 135 Å². The third kappa shape index (κ3) is 60.8. The lowest BCUT2D eigenvalue weighted by atomic mass is 10.0. The third-order valence-electron chi connectivity index (χ3n) is 13.3. The molecule has 0 aromatic carbocycles. The van der Waals surface area contributed by atoms with E-state index >= 15 is 0 Å². The highest BCUT2D eigenvalue weighted by molar-refractivity contribution is 5.71. The second-order valence-electron chi connectivity index (χ2n) is 20.6. The molecule has 6 heteroatoms. The van der Waals surface area contributed by atoms with Crippen LogP contribution in [0.15, 0.2) is 109 Å². The summed E-state index contributed by atoms with van der Waals surface area (Å²) in [5.74, 6) is -0.903. The third-order valence-corrected chi connectivity index (χ3v) is 13.3. The van der Waals surface area contributed by atoms with Crippen LogP contribution in [0.2, 0.25) is 0 Å². The van der Waals surface area contributed by atoms with E-state index in [-0.39, 0.29) is 31.1 Å². The van der Waals surface area contributed by atoms with E-state index in [1.807, 2.05) is 0 Å². The van der Waals surface area contributed by atoms with E-state index < -0.39 is 6.10 Å². The molecule has 0 amide bonds. The molecule has 1 atom stereocenters. The molecule has 0 bridgehead atoms. The van der Waals surface area contributed by atoms with Gasteiger partial charge in [-0.05, 0) is 109 Å². The fraction of sp³-hybridized carbons (Fsp3) is 0.696. The molecule has 6 nitrogen and oxygen atoms in total. The van der Waals surface area contributed by atoms with Gasteiger partial charge in [0, 0.05) is 19.3 Å². The second-order valence-corrected chi connectivity index (χ2v) is 20.6. The topological polar surface area (TPSA) is 78.9 Å². The molecule has 75 heavy (non-hydrogen) atoms. The van der Waals surface area contributed by atoms with Crippen molar-refractivity contribution in [1.82, 2.24) is 0 Å². The van der Waals surface area contributed by atoms with E-state index in [4.69, 9.17) is 14.2 Å². The van der Waals surface area contributed by atoms with Crippen LogP contribution in [0.3, 0.4) is 0 Å². The molecule has 428 valence electrons. The second kappa shape index (κ2) is 62.6. The quantitative estimate of drug-likeness (QED) is 0.0261. The van der Waals surface area contributed by atoms with Gasteiger partial charge in [0.15, 0.2) is 6.10 Å². The molecule has 0 aliphatic heterocycles. The zero-order valence-electron chi connectivity index (χ0n) is 49.0. The maximum Gasteiger partial charge on any atom is 0.306 e. The highest BCUT2D eigenvalue weighted by Crippen LogP contribution is 2.15. The lowest BCUT2D eigenvalue weighted by Gasteiger charge is -2.18. The normalized spacial score (nSPS) is 12.8. The predicted molar refractivity (Wildman–Crippen MR) is 325 cm³/mol. The van der Waals surface area contributed by atoms with Crippen molar-refractivity contribution in [3.05, 3.63) is 109 Å². The molecule has 0 N–H and O–H groups in total. The Balaban J connectivity index is 4.29. The number of esters is 3. The highest BCUT2D eigenvalue weighted by atomic mass is 16.6. The van der Waals surface area contributed by atoms with Crippen molar-refractivity contribution in [2.75, 3.05) is 13.2 Å². The number of carbonyl (C=O) groups is 3. The Kier molecular flexibility index (Phi) is 59.3. The van der Waals surface area contributed by atoms with Gasteiger partial charge in [-0.3, -0.25) is 14.4 Å². The molecule has 0 aliphatic carbocycles. The van der Waals surface area contributed by atoms with Crippen LogP contribution in [0.4, 0.5) is 0 Å². The van der Waals surface area contributed by atoms with Crippen molar-refractivity contribution in [3.8, 4) is 0 Å². The lowest BCUT2D eigenvalue weighted by Crippen LogP contribution is -2.30. The Hall–Kier alpha value is -3.93. The van der Waals surface area contributed by atoms with Crippen molar-refractivity contribution >= 4 is 17.9 Å². The average molecular weight is 1040 g/mol. The SMILES string of the molecule is CC/C=C\C/C=C\C/C=C\C/C=C\C/C=C\C/C=C\C/C=C\C/C=C\CCCCCCCCC(=O)OCC(COC(=O)CCCCCCCCCCCCCC)OC(=O)CCCCCCC/C=C\CCCCCCC. The zero-order chi connectivity index (χ0) is 54.3. The van der Waals surface area contributed by atoms with Gasteiger partial charge in [0.05, 0.1) is 0 Å². The van der Waals surface area contributed by atoms with Crippen molar-refractivity contribution < 1.29 is 28.6 Å². The van der Waals surface area contributed by atoms with Crippen LogP contribution in [0, 0.1) is 0 Å². The standard InChI is InChI=1S/C69H116O6/c1-4-7-10-13-16-19-22-25-27-28-29-30-31-32-33-34-35-36-37-38-39-40-41-42-43-45-47-50-53-56-59-62-68(71)74-65-66(64-73-67(70)61-58-55-52-49-46-24-21-18-15-12-9-6-3)75-69(72)63-60-57-54-51-48-44-26-23-20-17-14-11-8-5-2/h7,10,16,19,23,25-27,29-30,32-33,35-36,38-39,41-42,66H,4-6,8-9,11-15,17-18,20-22,24,28,31,34,37,40,43-65H2,1-3H3/b10-7-,19-16-,26-23-,27-25-,30-29-,33-32-,36-35-,39-38-,42-41-. The Morgan fingerprint density at radius 1 is 0.280 bits per heavy atom. The molecule has 0 radical (unpaired) electrons. The number of unbranched alkanes of at least 4 members (excludes halogenated alkanes) is 27. The highest BCUT2D eigenvalue weighted by Gasteiger charge is 2.19. The molecular formula is C69H116O6. The number of allylic oxidation sites excluding steroid dienone is 18. The molecule has 0 saturated heterocycles. The summed E-state index contributed by atoms with van der Waals surface area (Å²) in [5.41, 5.74) is 0. The Labute approximate surface area is 463 Å². The lowest BCUT2D eigenvalue weighted by molar-refractivity contribution is -0.167. The van der Waals surface area contributed by atoms with Crippen molar-refractivity contribution in [2.45, 2.75) is 297 Å². The number of carbonyl (C=O) groups excluding carboxylic acids is 3.